The molecule has 0 unspecified atom stereocenters. The second-order valence-electron chi connectivity index (χ2n) is 5.45. The van der Waals surface area contributed by atoms with Gasteiger partial charge in [-0.05, 0) is 19.4 Å². The number of benzene rings is 1. The Balaban J connectivity index is 2.25. The molecule has 25 heavy (non-hydrogen) atoms. The molecule has 0 bridgehead atoms. The maximum Gasteiger partial charge on any atom is 0.340 e. The van der Waals surface area contributed by atoms with Gasteiger partial charge in [0.25, 0.3) is 5.79 Å². The monoisotopic (exact) mass is 346 g/mol. The number of esters is 2. The summed E-state index contributed by atoms with van der Waals surface area (Å²) in [5.41, 5.74) is 1.01. The summed E-state index contributed by atoms with van der Waals surface area (Å²) in [5, 5.41) is 0. The van der Waals surface area contributed by atoms with Crippen LogP contribution in [0.25, 0.3) is 5.57 Å². The van der Waals surface area contributed by atoms with E-state index >= 15 is 0 Å². The van der Waals surface area contributed by atoms with Gasteiger partial charge in [0.1, 0.15) is 0 Å². The molecule has 132 valence electrons. The van der Waals surface area contributed by atoms with E-state index in [1.54, 1.807) is 38.1 Å². The number of carbonyl (C=O) groups excluding carboxylic acids is 3. The summed E-state index contributed by atoms with van der Waals surface area (Å²) in [6.07, 6.45) is -1.38. The lowest BCUT2D eigenvalue weighted by molar-refractivity contribution is -0.182. The second-order valence-corrected chi connectivity index (χ2v) is 5.45. The van der Waals surface area contributed by atoms with Gasteiger partial charge in [0, 0.05) is 18.2 Å². The molecule has 7 nitrogen and oxygen atoms in total. The fourth-order valence-electron chi connectivity index (χ4n) is 3.20. The first-order valence-corrected chi connectivity index (χ1v) is 7.97. The summed E-state index contributed by atoms with van der Waals surface area (Å²) >= 11 is 0. The van der Waals surface area contributed by atoms with Gasteiger partial charge < -0.3 is 18.9 Å². The zero-order chi connectivity index (χ0) is 18.2. The third-order valence-electron chi connectivity index (χ3n) is 4.17. The molecule has 0 spiro atoms. The smallest absolute Gasteiger partial charge is 0.340 e. The zero-order valence-corrected chi connectivity index (χ0v) is 14.2. The van der Waals surface area contributed by atoms with Crippen LogP contribution in [-0.4, -0.2) is 49.9 Å². The van der Waals surface area contributed by atoms with Gasteiger partial charge in [0.05, 0.1) is 18.8 Å². The van der Waals surface area contributed by atoms with Crippen molar-refractivity contribution >= 4 is 23.3 Å². The highest BCUT2D eigenvalue weighted by Gasteiger charge is 2.62. The molecule has 1 aromatic rings. The van der Waals surface area contributed by atoms with Crippen molar-refractivity contribution in [3.05, 3.63) is 41.0 Å². The van der Waals surface area contributed by atoms with Crippen LogP contribution >= 0.6 is 0 Å². The lowest BCUT2D eigenvalue weighted by atomic mass is 9.98. The first-order chi connectivity index (χ1) is 12.0. The van der Waals surface area contributed by atoms with Gasteiger partial charge in [-0.3, -0.25) is 4.79 Å². The van der Waals surface area contributed by atoms with Gasteiger partial charge in [0.2, 0.25) is 5.78 Å². The molecule has 2 aliphatic rings. The van der Waals surface area contributed by atoms with E-state index in [0.29, 0.717) is 11.1 Å². The van der Waals surface area contributed by atoms with Crippen molar-refractivity contribution in [2.75, 3.05) is 20.3 Å². The molecule has 1 heterocycles. The quantitative estimate of drug-likeness (QED) is 0.747. The van der Waals surface area contributed by atoms with Crippen LogP contribution in [0, 0.1) is 0 Å². The van der Waals surface area contributed by atoms with Crippen LogP contribution in [0.4, 0.5) is 0 Å². The summed E-state index contributed by atoms with van der Waals surface area (Å²) in [5.74, 6) is -3.81. The Labute approximate surface area is 144 Å². The highest BCUT2D eigenvalue weighted by Crippen LogP contribution is 2.51. The average Bonchev–Trinajstić information content (AvgIpc) is 3.08. The maximum atomic E-state index is 12.9. The fourth-order valence-corrected chi connectivity index (χ4v) is 3.20. The summed E-state index contributed by atoms with van der Waals surface area (Å²) in [7, 11) is 1.29. The van der Waals surface area contributed by atoms with E-state index in [1.165, 1.54) is 7.11 Å². The Morgan fingerprint density at radius 1 is 1.12 bits per heavy atom. The SMILES string of the molecule is CCOC(=O)C1=C2c3ccccc3C(=O)[C@]2(OC)O[C@@H]1C(=O)OCC. The summed E-state index contributed by atoms with van der Waals surface area (Å²) in [6.45, 7) is 3.50. The first-order valence-electron chi connectivity index (χ1n) is 7.97. The Hall–Kier alpha value is -2.51. The van der Waals surface area contributed by atoms with E-state index in [9.17, 15) is 14.4 Å². The Bertz CT molecular complexity index is 779. The molecule has 0 saturated carbocycles. The molecule has 1 aromatic carbocycles. The molecule has 7 heteroatoms. The predicted octanol–water partition coefficient (Wildman–Crippen LogP) is 1.50. The molecule has 3 rings (SSSR count). The zero-order valence-electron chi connectivity index (χ0n) is 14.2. The molecule has 0 amide bonds. The van der Waals surface area contributed by atoms with E-state index in [4.69, 9.17) is 18.9 Å². The predicted molar refractivity (Wildman–Crippen MR) is 85.6 cm³/mol. The van der Waals surface area contributed by atoms with Crippen molar-refractivity contribution in [2.45, 2.75) is 25.7 Å². The summed E-state index contributed by atoms with van der Waals surface area (Å²) in [4.78, 5) is 37.8. The molecule has 0 aromatic heterocycles. The number of hydrogen-bond donors (Lipinski definition) is 0. The largest absolute Gasteiger partial charge is 0.464 e. The lowest BCUT2D eigenvalue weighted by Gasteiger charge is -2.23. The standard InChI is InChI=1S/C18H18O7/c1-4-23-16(20)12-13-10-8-6-7-9-11(10)15(19)18(13,22-3)25-14(12)17(21)24-5-2/h6-9,14H,4-5H2,1-3H3/t14-,18+/m0/s1. The number of methoxy groups -OCH3 is 1. The van der Waals surface area contributed by atoms with Crippen LogP contribution in [0.1, 0.15) is 29.8 Å². The molecule has 2 atom stereocenters. The highest BCUT2D eigenvalue weighted by atomic mass is 16.7. The molecule has 0 saturated heterocycles. The van der Waals surface area contributed by atoms with Crippen molar-refractivity contribution in [3.8, 4) is 0 Å². The van der Waals surface area contributed by atoms with Crippen LogP contribution in [0.2, 0.25) is 0 Å². The normalized spacial score (nSPS) is 24.1. The highest BCUT2D eigenvalue weighted by molar-refractivity contribution is 6.24. The molecule has 0 fully saturated rings. The second kappa shape index (κ2) is 6.42. The van der Waals surface area contributed by atoms with Gasteiger partial charge in [-0.25, -0.2) is 9.59 Å². The molecular weight excluding hydrogens is 328 g/mol. The van der Waals surface area contributed by atoms with E-state index in [-0.39, 0.29) is 24.4 Å². The van der Waals surface area contributed by atoms with Gasteiger partial charge in [-0.15, -0.1) is 0 Å². The summed E-state index contributed by atoms with van der Waals surface area (Å²) < 4.78 is 21.2. The number of fused-ring (bicyclic) bond motifs is 3. The number of ketones is 1. The first kappa shape index (κ1) is 17.3. The molecule has 1 aliphatic heterocycles. The number of hydrogen-bond acceptors (Lipinski definition) is 7. The molecular formula is C18H18O7. The molecule has 1 aliphatic carbocycles. The van der Waals surface area contributed by atoms with Gasteiger partial charge in [0.15, 0.2) is 6.10 Å². The van der Waals surface area contributed by atoms with E-state index in [1.807, 2.05) is 0 Å². The van der Waals surface area contributed by atoms with E-state index in [2.05, 4.69) is 0 Å². The van der Waals surface area contributed by atoms with Crippen molar-refractivity contribution in [1.29, 1.82) is 0 Å². The minimum Gasteiger partial charge on any atom is -0.464 e. The van der Waals surface area contributed by atoms with Crippen molar-refractivity contribution in [3.63, 3.8) is 0 Å². The van der Waals surface area contributed by atoms with Crippen molar-refractivity contribution < 1.29 is 33.3 Å². The fraction of sp³-hybridized carbons (Fsp3) is 0.389. The van der Waals surface area contributed by atoms with Gasteiger partial charge in [-0.1, -0.05) is 24.3 Å². The number of Topliss-reactive ketones (excluding diaryl/α,β-unsaturated/α-hetero) is 1. The average molecular weight is 346 g/mol. The van der Waals surface area contributed by atoms with Crippen molar-refractivity contribution in [1.82, 2.24) is 0 Å². The summed E-state index contributed by atoms with van der Waals surface area (Å²) in [6, 6.07) is 6.73. The van der Waals surface area contributed by atoms with Crippen LogP contribution in [0.3, 0.4) is 0 Å². The topological polar surface area (TPSA) is 88.1 Å². The van der Waals surface area contributed by atoms with Crippen molar-refractivity contribution in [2.24, 2.45) is 0 Å². The maximum absolute atomic E-state index is 12.9. The van der Waals surface area contributed by atoms with Gasteiger partial charge in [-0.2, -0.15) is 0 Å². The third-order valence-corrected chi connectivity index (χ3v) is 4.17. The minimum atomic E-state index is -1.84. The number of carbonyl (C=O) groups is 3. The van der Waals surface area contributed by atoms with Gasteiger partial charge >= 0.3 is 11.9 Å². The molecule has 0 radical (unpaired) electrons. The van der Waals surface area contributed by atoms with Crippen LogP contribution in [-0.2, 0) is 28.5 Å². The number of rotatable bonds is 5. The Kier molecular flexibility index (Phi) is 4.45. The minimum absolute atomic E-state index is 0.0551. The number of ether oxygens (including phenoxy) is 4. The lowest BCUT2D eigenvalue weighted by Crippen LogP contribution is -2.41. The van der Waals surface area contributed by atoms with E-state index in [0.717, 1.165) is 0 Å². The van der Waals surface area contributed by atoms with E-state index < -0.39 is 29.6 Å². The van der Waals surface area contributed by atoms with Crippen LogP contribution in [0.5, 0.6) is 0 Å². The van der Waals surface area contributed by atoms with Crippen LogP contribution < -0.4 is 0 Å². The van der Waals surface area contributed by atoms with Crippen LogP contribution in [0.15, 0.2) is 29.8 Å². The Morgan fingerprint density at radius 3 is 2.36 bits per heavy atom. The Morgan fingerprint density at radius 2 is 1.76 bits per heavy atom. The third kappa shape index (κ3) is 2.39. The molecule has 0 N–H and O–H groups in total.